The summed E-state index contributed by atoms with van der Waals surface area (Å²) < 4.78 is 0. The lowest BCUT2D eigenvalue weighted by Gasteiger charge is -2.31. The summed E-state index contributed by atoms with van der Waals surface area (Å²) in [4.78, 5) is 12.1. The van der Waals surface area contributed by atoms with E-state index < -0.39 is 0 Å². The molecule has 96 valence electrons. The van der Waals surface area contributed by atoms with E-state index in [0.717, 1.165) is 0 Å². The van der Waals surface area contributed by atoms with E-state index in [1.807, 2.05) is 27.7 Å². The smallest absolute Gasteiger partial charge is 0.223 e. The van der Waals surface area contributed by atoms with Gasteiger partial charge in [-0.25, -0.2) is 0 Å². The van der Waals surface area contributed by atoms with Crippen LogP contribution in [0.5, 0.6) is 0 Å². The maximum Gasteiger partial charge on any atom is 0.223 e. The molecule has 1 amide bonds. The number of carbonyl (C=O) groups excluding carboxylic acids is 1. The molecule has 0 saturated heterocycles. The van der Waals surface area contributed by atoms with E-state index in [4.69, 9.17) is 0 Å². The minimum Gasteiger partial charge on any atom is -0.396 e. The van der Waals surface area contributed by atoms with Crippen LogP contribution in [0.25, 0.3) is 0 Å². The number of aliphatic hydroxyl groups is 1. The Labute approximate surface area is 99.6 Å². The zero-order chi connectivity index (χ0) is 12.9. The monoisotopic (exact) mass is 229 g/mol. The Morgan fingerprint density at radius 3 is 1.81 bits per heavy atom. The molecule has 0 saturated carbocycles. The molecule has 0 rings (SSSR count). The largest absolute Gasteiger partial charge is 0.396 e. The molecule has 2 N–H and O–H groups in total. The quantitative estimate of drug-likeness (QED) is 0.732. The first-order valence-electron chi connectivity index (χ1n) is 6.22. The van der Waals surface area contributed by atoms with Gasteiger partial charge in [-0.05, 0) is 31.6 Å². The van der Waals surface area contributed by atoms with E-state index in [9.17, 15) is 9.90 Å². The lowest BCUT2D eigenvalue weighted by molar-refractivity contribution is -0.130. The minimum atomic E-state index is -0.104. The lowest BCUT2D eigenvalue weighted by atomic mass is 9.77. The molecule has 0 bridgehead atoms. The summed E-state index contributed by atoms with van der Waals surface area (Å²) in [5.74, 6) is 0.567. The fourth-order valence-electron chi connectivity index (χ4n) is 2.11. The molecule has 2 unspecified atom stereocenters. The van der Waals surface area contributed by atoms with Gasteiger partial charge in [-0.3, -0.25) is 4.79 Å². The molecule has 0 aromatic heterocycles. The van der Waals surface area contributed by atoms with Crippen LogP contribution in [0.2, 0.25) is 0 Å². The Bertz CT molecular complexity index is 212. The molecule has 0 spiro atoms. The zero-order valence-corrected chi connectivity index (χ0v) is 11.4. The molecule has 0 aliphatic rings. The summed E-state index contributed by atoms with van der Waals surface area (Å²) >= 11 is 0. The molecule has 0 heterocycles. The van der Waals surface area contributed by atoms with Crippen molar-refractivity contribution >= 4 is 5.91 Å². The van der Waals surface area contributed by atoms with Gasteiger partial charge >= 0.3 is 0 Å². The van der Waals surface area contributed by atoms with Crippen molar-refractivity contribution in [2.24, 2.45) is 23.7 Å². The van der Waals surface area contributed by atoms with E-state index in [-0.39, 0.29) is 36.3 Å². The normalized spacial score (nSPS) is 15.6. The molecule has 0 aliphatic heterocycles. The van der Waals surface area contributed by atoms with Gasteiger partial charge in [0.25, 0.3) is 0 Å². The van der Waals surface area contributed by atoms with Crippen molar-refractivity contribution in [1.82, 2.24) is 5.32 Å². The van der Waals surface area contributed by atoms with Crippen LogP contribution in [0.3, 0.4) is 0 Å². The van der Waals surface area contributed by atoms with Crippen LogP contribution >= 0.6 is 0 Å². The summed E-state index contributed by atoms with van der Waals surface area (Å²) in [6, 6.07) is 0.153. The van der Waals surface area contributed by atoms with Crippen molar-refractivity contribution in [3.05, 3.63) is 0 Å². The van der Waals surface area contributed by atoms with Crippen LogP contribution in [0.1, 0.15) is 41.5 Å². The van der Waals surface area contributed by atoms with E-state index in [1.54, 1.807) is 0 Å². The fraction of sp³-hybridized carbons (Fsp3) is 0.923. The number of amides is 1. The third-order valence-corrected chi connectivity index (χ3v) is 2.98. The summed E-state index contributed by atoms with van der Waals surface area (Å²) in [5, 5.41) is 12.4. The van der Waals surface area contributed by atoms with Crippen molar-refractivity contribution in [1.29, 1.82) is 0 Å². The van der Waals surface area contributed by atoms with Crippen LogP contribution < -0.4 is 5.32 Å². The van der Waals surface area contributed by atoms with Crippen LogP contribution in [0, 0.1) is 23.7 Å². The maximum atomic E-state index is 12.1. The first-order chi connectivity index (χ1) is 7.31. The molecule has 0 fully saturated rings. The summed E-state index contributed by atoms with van der Waals surface area (Å²) in [5.41, 5.74) is 0. The van der Waals surface area contributed by atoms with E-state index in [0.29, 0.717) is 5.92 Å². The van der Waals surface area contributed by atoms with Gasteiger partial charge in [0, 0.05) is 18.6 Å². The van der Waals surface area contributed by atoms with Gasteiger partial charge in [0.15, 0.2) is 0 Å². The number of hydrogen-bond acceptors (Lipinski definition) is 2. The van der Waals surface area contributed by atoms with Gasteiger partial charge in [-0.1, -0.05) is 27.7 Å². The predicted octanol–water partition coefficient (Wildman–Crippen LogP) is 2.05. The van der Waals surface area contributed by atoms with Crippen LogP contribution in [0.4, 0.5) is 0 Å². The molecule has 2 atom stereocenters. The van der Waals surface area contributed by atoms with Crippen LogP contribution in [-0.4, -0.2) is 23.7 Å². The van der Waals surface area contributed by atoms with Gasteiger partial charge in [0.2, 0.25) is 5.91 Å². The number of nitrogens with one attached hydrogen (secondary N) is 1. The SMILES string of the molecule is CC(C)NC(=O)C(C(C)C)C(CO)C(C)C. The van der Waals surface area contributed by atoms with Crippen molar-refractivity contribution in [3.63, 3.8) is 0 Å². The maximum absolute atomic E-state index is 12.1. The van der Waals surface area contributed by atoms with Crippen molar-refractivity contribution in [2.45, 2.75) is 47.6 Å². The Balaban J connectivity index is 4.77. The van der Waals surface area contributed by atoms with Gasteiger partial charge in [-0.15, -0.1) is 0 Å². The second kappa shape index (κ2) is 6.89. The van der Waals surface area contributed by atoms with Crippen molar-refractivity contribution in [3.8, 4) is 0 Å². The summed E-state index contributed by atoms with van der Waals surface area (Å²) in [6.07, 6.45) is 0. The molecule has 3 heteroatoms. The second-order valence-corrected chi connectivity index (χ2v) is 5.52. The highest BCUT2D eigenvalue weighted by atomic mass is 16.3. The highest BCUT2D eigenvalue weighted by Gasteiger charge is 2.32. The Kier molecular flexibility index (Phi) is 6.65. The average Bonchev–Trinajstić information content (AvgIpc) is 2.10. The molecule has 0 aromatic rings. The highest BCUT2D eigenvalue weighted by Crippen LogP contribution is 2.27. The first-order valence-corrected chi connectivity index (χ1v) is 6.22. The van der Waals surface area contributed by atoms with Crippen molar-refractivity contribution < 1.29 is 9.90 Å². The van der Waals surface area contributed by atoms with Gasteiger partial charge < -0.3 is 10.4 Å². The Hall–Kier alpha value is -0.570. The number of aliphatic hydroxyl groups excluding tert-OH is 1. The Morgan fingerprint density at radius 1 is 1.06 bits per heavy atom. The fourth-order valence-corrected chi connectivity index (χ4v) is 2.11. The van der Waals surface area contributed by atoms with Crippen molar-refractivity contribution in [2.75, 3.05) is 6.61 Å². The lowest BCUT2D eigenvalue weighted by Crippen LogP contribution is -2.43. The Morgan fingerprint density at radius 2 is 1.56 bits per heavy atom. The van der Waals surface area contributed by atoms with Gasteiger partial charge in [-0.2, -0.15) is 0 Å². The van der Waals surface area contributed by atoms with E-state index in [2.05, 4.69) is 19.2 Å². The van der Waals surface area contributed by atoms with E-state index in [1.165, 1.54) is 0 Å². The number of rotatable bonds is 6. The molecule has 0 aliphatic carbocycles. The van der Waals surface area contributed by atoms with Gasteiger partial charge in [0.05, 0.1) is 0 Å². The third kappa shape index (κ3) is 4.52. The standard InChI is InChI=1S/C13H27NO2/c1-8(2)11(7-15)12(9(3)4)13(16)14-10(5)6/h8-12,15H,7H2,1-6H3,(H,14,16). The average molecular weight is 229 g/mol. The second-order valence-electron chi connectivity index (χ2n) is 5.52. The third-order valence-electron chi connectivity index (χ3n) is 2.98. The molecular weight excluding hydrogens is 202 g/mol. The number of hydrogen-bond donors (Lipinski definition) is 2. The first kappa shape index (κ1) is 15.4. The zero-order valence-electron chi connectivity index (χ0n) is 11.4. The summed E-state index contributed by atoms with van der Waals surface area (Å²) in [6.45, 7) is 12.2. The topological polar surface area (TPSA) is 49.3 Å². The molecular formula is C13H27NO2. The molecule has 0 radical (unpaired) electrons. The predicted molar refractivity (Wildman–Crippen MR) is 67.0 cm³/mol. The summed E-state index contributed by atoms with van der Waals surface area (Å²) in [7, 11) is 0. The number of carbonyl (C=O) groups is 1. The highest BCUT2D eigenvalue weighted by molar-refractivity contribution is 5.79. The molecule has 3 nitrogen and oxygen atoms in total. The molecule has 16 heavy (non-hydrogen) atoms. The van der Waals surface area contributed by atoms with E-state index >= 15 is 0 Å². The minimum absolute atomic E-state index is 0.0405. The van der Waals surface area contributed by atoms with Gasteiger partial charge in [0.1, 0.15) is 0 Å². The van der Waals surface area contributed by atoms with Crippen LogP contribution in [0.15, 0.2) is 0 Å². The molecule has 0 aromatic carbocycles. The van der Waals surface area contributed by atoms with Crippen LogP contribution in [-0.2, 0) is 4.79 Å².